The Morgan fingerprint density at radius 1 is 1.04 bits per heavy atom. The Bertz CT molecular complexity index is 1690. The maximum absolute atomic E-state index is 14.6. The van der Waals surface area contributed by atoms with E-state index in [0.29, 0.717) is 35.7 Å². The number of ether oxygens (including phenoxy) is 1. The average Bonchev–Trinajstić information content (AvgIpc) is 3.73. The van der Waals surface area contributed by atoms with E-state index in [2.05, 4.69) is 45.0 Å². The highest BCUT2D eigenvalue weighted by Crippen LogP contribution is 2.38. The summed E-state index contributed by atoms with van der Waals surface area (Å²) in [6, 6.07) is 11.5. The highest BCUT2D eigenvalue weighted by atomic mass is 35.5. The van der Waals surface area contributed by atoms with Gasteiger partial charge in [0.2, 0.25) is 11.8 Å². The molecule has 2 aliphatic rings. The maximum atomic E-state index is 14.6. The second kappa shape index (κ2) is 14.9. The number of fused-ring (bicyclic) bond motifs is 3. The minimum atomic E-state index is -1.35. The van der Waals surface area contributed by atoms with E-state index in [-0.39, 0.29) is 36.8 Å². The zero-order valence-electron chi connectivity index (χ0n) is 27.2. The van der Waals surface area contributed by atoms with Crippen LogP contribution in [0.25, 0.3) is 10.9 Å². The highest BCUT2D eigenvalue weighted by molar-refractivity contribution is 6.38. The number of aryl methyl sites for hydroxylation is 1. The molecule has 3 amide bonds. The van der Waals surface area contributed by atoms with E-state index in [1.807, 2.05) is 50.2 Å². The van der Waals surface area contributed by atoms with Gasteiger partial charge in [-0.2, -0.15) is 10.2 Å². The van der Waals surface area contributed by atoms with Crippen LogP contribution in [0.4, 0.5) is 4.79 Å². The van der Waals surface area contributed by atoms with Crippen LogP contribution < -0.4 is 16.0 Å². The summed E-state index contributed by atoms with van der Waals surface area (Å²) in [5, 5.41) is 19.2. The van der Waals surface area contributed by atoms with Gasteiger partial charge in [-0.05, 0) is 47.9 Å². The average molecular weight is 682 g/mol. The number of H-pyrrole nitrogens is 1. The number of carbonyl (C=O) groups excluding carboxylic acids is 3. The third-order valence-corrected chi connectivity index (χ3v) is 10.0. The lowest BCUT2D eigenvalue weighted by Gasteiger charge is -2.40. The lowest BCUT2D eigenvalue weighted by Crippen LogP contribution is -2.66. The van der Waals surface area contributed by atoms with Crippen LogP contribution in [0.1, 0.15) is 70.2 Å². The summed E-state index contributed by atoms with van der Waals surface area (Å²) in [6.07, 6.45) is 3.95. The summed E-state index contributed by atoms with van der Waals surface area (Å²) in [5.41, 5.74) is 2.79. The first kappa shape index (κ1) is 34.4. The molecule has 1 aromatic heterocycles. The number of alkyl carbamates (subject to hydrolysis) is 1. The number of hydrogen-bond donors (Lipinski definition) is 4. The number of hydrogen-bond acceptors (Lipinski definition) is 6. The molecule has 2 heterocycles. The lowest BCUT2D eigenvalue weighted by atomic mass is 9.77. The molecule has 10 nitrogen and oxygen atoms in total. The van der Waals surface area contributed by atoms with E-state index in [1.54, 1.807) is 12.3 Å². The van der Waals surface area contributed by atoms with Crippen molar-refractivity contribution in [3.05, 3.63) is 69.3 Å². The number of aromatic nitrogens is 1. The third-order valence-electron chi connectivity index (χ3n) is 9.51. The zero-order chi connectivity index (χ0) is 33.7. The summed E-state index contributed by atoms with van der Waals surface area (Å²) in [4.78, 5) is 45.2. The van der Waals surface area contributed by atoms with Crippen molar-refractivity contribution in [2.24, 2.45) is 22.0 Å². The van der Waals surface area contributed by atoms with Gasteiger partial charge in [0.25, 0.3) is 0 Å². The predicted octanol–water partition coefficient (Wildman–Crippen LogP) is 6.52. The van der Waals surface area contributed by atoms with E-state index in [4.69, 9.17) is 27.9 Å². The Hall–Kier alpha value is -3.89. The van der Waals surface area contributed by atoms with Crippen molar-refractivity contribution >= 4 is 63.9 Å². The van der Waals surface area contributed by atoms with Crippen molar-refractivity contribution in [1.29, 1.82) is 0 Å². The van der Waals surface area contributed by atoms with Gasteiger partial charge in [-0.3, -0.25) is 9.59 Å². The minimum absolute atomic E-state index is 0.0624. The van der Waals surface area contributed by atoms with Gasteiger partial charge in [-0.15, -0.1) is 0 Å². The minimum Gasteiger partial charge on any atom is -0.445 e. The Kier molecular flexibility index (Phi) is 10.9. The van der Waals surface area contributed by atoms with Crippen LogP contribution in [0.15, 0.2) is 52.7 Å². The van der Waals surface area contributed by atoms with Gasteiger partial charge in [-0.1, -0.05) is 94.1 Å². The number of benzene rings is 2. The summed E-state index contributed by atoms with van der Waals surface area (Å²) in [7, 11) is 0. The molecule has 1 aliphatic carbocycles. The van der Waals surface area contributed by atoms with Crippen LogP contribution in [0.5, 0.6) is 0 Å². The molecule has 0 saturated carbocycles. The number of rotatable bonds is 12. The molecule has 2 aromatic carbocycles. The van der Waals surface area contributed by atoms with E-state index < -0.39 is 23.6 Å². The van der Waals surface area contributed by atoms with Gasteiger partial charge in [-0.25, -0.2) is 4.79 Å². The maximum Gasteiger partial charge on any atom is 0.408 e. The third kappa shape index (κ3) is 7.65. The molecular formula is C35H42Cl2N6O4. The molecule has 4 N–H and O–H groups in total. The van der Waals surface area contributed by atoms with E-state index in [9.17, 15) is 14.4 Å². The quantitative estimate of drug-likeness (QED) is 0.173. The Balaban J connectivity index is 1.46. The predicted molar refractivity (Wildman–Crippen MR) is 186 cm³/mol. The largest absolute Gasteiger partial charge is 0.445 e. The van der Waals surface area contributed by atoms with Crippen LogP contribution in [0.3, 0.4) is 0 Å². The molecule has 2 unspecified atom stereocenters. The number of halogens is 2. The molecule has 0 spiro atoms. The molecule has 3 aromatic rings. The second-order valence-corrected chi connectivity index (χ2v) is 13.5. The SMILES string of the molecule is CCC(C)[C@H](NC(=O)OCc1ccccc1)C(=O)N[C@]1(C(=O)N[C@H](C2=NN=CC2)C(C)CC)CCc2[nH]c3c(Cl)cc(Cl)cc3c2C1. The van der Waals surface area contributed by atoms with Gasteiger partial charge in [0, 0.05) is 35.2 Å². The molecule has 1 aliphatic heterocycles. The fourth-order valence-corrected chi connectivity index (χ4v) is 6.82. The van der Waals surface area contributed by atoms with Crippen LogP contribution in [-0.2, 0) is 33.8 Å². The normalized spacial score (nSPS) is 19.7. The number of nitrogens with one attached hydrogen (secondary N) is 4. The topological polar surface area (TPSA) is 137 Å². The molecule has 0 bridgehead atoms. The zero-order valence-corrected chi connectivity index (χ0v) is 28.7. The highest BCUT2D eigenvalue weighted by Gasteiger charge is 2.46. The monoisotopic (exact) mass is 680 g/mol. The van der Waals surface area contributed by atoms with E-state index in [1.165, 1.54) is 0 Å². The molecular weight excluding hydrogens is 639 g/mol. The molecule has 0 saturated heterocycles. The first-order valence-electron chi connectivity index (χ1n) is 16.2. The van der Waals surface area contributed by atoms with Crippen molar-refractivity contribution in [2.75, 3.05) is 0 Å². The second-order valence-electron chi connectivity index (χ2n) is 12.6. The number of nitrogens with zero attached hydrogens (tertiary/aromatic N) is 2. The van der Waals surface area contributed by atoms with Crippen molar-refractivity contribution in [2.45, 2.75) is 90.4 Å². The van der Waals surface area contributed by atoms with Crippen molar-refractivity contribution in [3.63, 3.8) is 0 Å². The van der Waals surface area contributed by atoms with Crippen molar-refractivity contribution in [1.82, 2.24) is 20.9 Å². The van der Waals surface area contributed by atoms with Gasteiger partial charge >= 0.3 is 6.09 Å². The molecule has 5 atom stereocenters. The summed E-state index contributed by atoms with van der Waals surface area (Å²) in [6.45, 7) is 8.01. The number of carbonyl (C=O) groups is 3. The molecule has 0 fully saturated rings. The Labute approximate surface area is 285 Å². The molecule has 12 heteroatoms. The first-order chi connectivity index (χ1) is 22.5. The summed E-state index contributed by atoms with van der Waals surface area (Å²) >= 11 is 13.0. The number of amides is 3. The van der Waals surface area contributed by atoms with Crippen LogP contribution in [0, 0.1) is 11.8 Å². The van der Waals surface area contributed by atoms with Crippen molar-refractivity contribution < 1.29 is 19.1 Å². The van der Waals surface area contributed by atoms with Crippen molar-refractivity contribution in [3.8, 4) is 0 Å². The van der Waals surface area contributed by atoms with Gasteiger partial charge in [0.1, 0.15) is 18.2 Å². The van der Waals surface area contributed by atoms with Gasteiger partial charge < -0.3 is 25.7 Å². The lowest BCUT2D eigenvalue weighted by molar-refractivity contribution is -0.136. The van der Waals surface area contributed by atoms with Gasteiger partial charge in [0.05, 0.1) is 22.3 Å². The first-order valence-corrected chi connectivity index (χ1v) is 17.0. The van der Waals surface area contributed by atoms with E-state index in [0.717, 1.165) is 39.9 Å². The summed E-state index contributed by atoms with van der Waals surface area (Å²) < 4.78 is 5.46. The fourth-order valence-electron chi connectivity index (χ4n) is 6.28. The molecule has 0 radical (unpaired) electrons. The standard InChI is InChI=1S/C35H42Cl2N6O4/c1-5-20(3)29(28-13-15-38-43-28)40-33(45)35(14-12-27-25(18-35)24-16-23(36)17-26(37)31(24)39-27)42-32(44)30(21(4)6-2)41-34(46)47-19-22-10-8-7-9-11-22/h7-11,15-17,20-21,29-30,39H,5-6,12-14,18-19H2,1-4H3,(H,40,45)(H,41,46)(H,42,44)/t20?,21?,29-,30-,35+/m0/s1. The Morgan fingerprint density at radius 3 is 2.47 bits per heavy atom. The Morgan fingerprint density at radius 2 is 1.79 bits per heavy atom. The molecule has 47 heavy (non-hydrogen) atoms. The molecule has 5 rings (SSSR count). The smallest absolute Gasteiger partial charge is 0.408 e. The van der Waals surface area contributed by atoms with Crippen LogP contribution in [-0.4, -0.2) is 52.4 Å². The van der Waals surface area contributed by atoms with Crippen LogP contribution >= 0.6 is 23.2 Å². The van der Waals surface area contributed by atoms with E-state index >= 15 is 0 Å². The van der Waals surface area contributed by atoms with Crippen LogP contribution in [0.2, 0.25) is 10.0 Å². The molecule has 250 valence electrons. The summed E-state index contributed by atoms with van der Waals surface area (Å²) in [5.74, 6) is -0.964. The number of aromatic amines is 1. The van der Waals surface area contributed by atoms with Gasteiger partial charge in [0.15, 0.2) is 0 Å². The fraction of sp³-hybridized carbons (Fsp3) is 0.457.